The average molecular weight is 586 g/mol. The molecular formula is C30H32CoN5O4-. The van der Waals surface area contributed by atoms with Crippen molar-refractivity contribution in [2.45, 2.75) is 13.8 Å². The summed E-state index contributed by atoms with van der Waals surface area (Å²) in [4.78, 5) is 3.78. The third-order valence-electron chi connectivity index (χ3n) is 4.75. The molecule has 0 spiro atoms. The van der Waals surface area contributed by atoms with E-state index in [4.69, 9.17) is 20.8 Å². The molecule has 4 N–H and O–H groups in total. The van der Waals surface area contributed by atoms with Crippen molar-refractivity contribution in [1.82, 2.24) is 4.98 Å². The molecule has 9 nitrogen and oxygen atoms in total. The third-order valence-corrected chi connectivity index (χ3v) is 4.75. The number of hydrogen-bond acceptors (Lipinski definition) is 9. The number of pyridine rings is 1. The maximum Gasteiger partial charge on any atom is 0.139 e. The topological polar surface area (TPSA) is 143 Å². The van der Waals surface area contributed by atoms with Crippen molar-refractivity contribution in [3.8, 4) is 0 Å². The second kappa shape index (κ2) is 22.1. The summed E-state index contributed by atoms with van der Waals surface area (Å²) in [6.07, 6.45) is 3.50. The van der Waals surface area contributed by atoms with Gasteiger partial charge in [-0.3, -0.25) is 4.98 Å². The predicted molar refractivity (Wildman–Crippen MR) is 154 cm³/mol. The zero-order valence-electron chi connectivity index (χ0n) is 22.1. The Labute approximate surface area is 244 Å². The van der Waals surface area contributed by atoms with E-state index in [2.05, 4.69) is 32.5 Å². The summed E-state index contributed by atoms with van der Waals surface area (Å²) in [5, 5.41) is 46.4. The van der Waals surface area contributed by atoms with Crippen LogP contribution in [0.2, 0.25) is 0 Å². The number of oxime groups is 4. The van der Waals surface area contributed by atoms with Crippen LogP contribution in [0.15, 0.2) is 142 Å². The van der Waals surface area contributed by atoms with Crippen molar-refractivity contribution in [2.75, 3.05) is 0 Å². The van der Waals surface area contributed by atoms with E-state index in [9.17, 15) is 0 Å². The fourth-order valence-corrected chi connectivity index (χ4v) is 2.61. The molecule has 0 aliphatic heterocycles. The summed E-state index contributed by atoms with van der Waals surface area (Å²) >= 11 is 0. The van der Waals surface area contributed by atoms with E-state index >= 15 is 0 Å². The first-order valence-corrected chi connectivity index (χ1v) is 11.6. The molecule has 3 aromatic carbocycles. The second-order valence-electron chi connectivity index (χ2n) is 7.51. The molecule has 1 radical (unpaired) electrons. The molecule has 10 heteroatoms. The molecule has 0 bridgehead atoms. The average Bonchev–Trinajstić information content (AvgIpc) is 3.02. The Balaban J connectivity index is 0.000000574. The summed E-state index contributed by atoms with van der Waals surface area (Å²) < 4.78 is 0. The summed E-state index contributed by atoms with van der Waals surface area (Å²) in [6.45, 7) is 6.79. The first-order valence-electron chi connectivity index (χ1n) is 11.6. The van der Waals surface area contributed by atoms with Crippen molar-refractivity contribution in [2.24, 2.45) is 20.6 Å². The largest absolute Gasteiger partial charge is 0.411 e. The maximum absolute atomic E-state index is 9.14. The molecule has 1 aromatic heterocycles. The van der Waals surface area contributed by atoms with E-state index in [1.54, 1.807) is 36.7 Å². The minimum absolute atomic E-state index is 0. The van der Waals surface area contributed by atoms with Gasteiger partial charge in [-0.05, 0) is 26.0 Å². The number of hydrogen-bond donors (Lipinski definition) is 4. The minimum atomic E-state index is 0. The van der Waals surface area contributed by atoms with Gasteiger partial charge in [-0.2, -0.15) is 24.6 Å². The molecule has 1 heterocycles. The Bertz CT molecular complexity index is 1210. The van der Waals surface area contributed by atoms with E-state index in [1.807, 2.05) is 84.9 Å². The van der Waals surface area contributed by atoms with Gasteiger partial charge in [-0.15, -0.1) is 12.1 Å². The van der Waals surface area contributed by atoms with Crippen molar-refractivity contribution in [1.29, 1.82) is 0 Å². The van der Waals surface area contributed by atoms with Gasteiger partial charge in [-0.1, -0.05) is 93.4 Å². The fourth-order valence-electron chi connectivity index (χ4n) is 2.61. The molecule has 211 valence electrons. The van der Waals surface area contributed by atoms with Crippen LogP contribution < -0.4 is 0 Å². The van der Waals surface area contributed by atoms with Crippen LogP contribution in [0, 0.1) is 6.92 Å². The third kappa shape index (κ3) is 14.1. The Kier molecular flexibility index (Phi) is 19.4. The molecule has 0 aliphatic carbocycles. The van der Waals surface area contributed by atoms with Gasteiger partial charge < -0.3 is 20.8 Å². The SMILES string of the molecule is CC(=N\O)/C(C)=N/O.O/N=C(/C(=N/O)c1ccccc1)c1ccccc1.[CH2-]c1ccccc1.[Co].c1ccncc1. The molecule has 0 amide bonds. The van der Waals surface area contributed by atoms with Crippen LogP contribution in [-0.2, 0) is 16.8 Å². The molecule has 0 unspecified atom stereocenters. The molecule has 4 rings (SSSR count). The molecular weight excluding hydrogens is 553 g/mol. The molecule has 0 saturated heterocycles. The minimum Gasteiger partial charge on any atom is -0.411 e. The van der Waals surface area contributed by atoms with Crippen molar-refractivity contribution < 1.29 is 37.6 Å². The second-order valence-corrected chi connectivity index (χ2v) is 7.51. The smallest absolute Gasteiger partial charge is 0.139 e. The van der Waals surface area contributed by atoms with Crippen LogP contribution in [0.3, 0.4) is 0 Å². The van der Waals surface area contributed by atoms with Crippen LogP contribution in [0.1, 0.15) is 30.5 Å². The Morgan fingerprint density at radius 1 is 0.525 bits per heavy atom. The van der Waals surface area contributed by atoms with E-state index in [0.29, 0.717) is 22.6 Å². The van der Waals surface area contributed by atoms with Crippen molar-refractivity contribution >= 4 is 22.8 Å². The number of nitrogens with zero attached hydrogens (tertiary/aromatic N) is 5. The summed E-state index contributed by atoms with van der Waals surface area (Å²) in [5.74, 6) is 0. The quantitative estimate of drug-likeness (QED) is 0.0952. The molecule has 0 fully saturated rings. The summed E-state index contributed by atoms with van der Waals surface area (Å²) in [7, 11) is 0. The summed E-state index contributed by atoms with van der Waals surface area (Å²) in [5.41, 5.74) is 3.50. The molecule has 0 aliphatic rings. The number of benzene rings is 3. The molecule has 4 aromatic rings. The monoisotopic (exact) mass is 585 g/mol. The van der Waals surface area contributed by atoms with Gasteiger partial charge in [0.15, 0.2) is 0 Å². The maximum atomic E-state index is 9.14. The van der Waals surface area contributed by atoms with Gasteiger partial charge in [0.05, 0.1) is 0 Å². The molecule has 0 atom stereocenters. The number of aromatic nitrogens is 1. The van der Waals surface area contributed by atoms with Crippen LogP contribution in [0.5, 0.6) is 0 Å². The molecule has 40 heavy (non-hydrogen) atoms. The first kappa shape index (κ1) is 35.1. The van der Waals surface area contributed by atoms with Gasteiger partial charge in [0.2, 0.25) is 0 Å². The fraction of sp³-hybridized carbons (Fsp3) is 0.0667. The first-order chi connectivity index (χ1) is 19.0. The standard InChI is InChI=1S/C14H12N2O2.C7H7.C5H5N.C4H8N2O2.Co/c17-15-13(11-7-3-1-4-8-11)14(16-18)12-9-5-2-6-10-12;1-7-5-3-2-4-6-7;1-2-4-6-5-3-1;1-3(5-7)4(2)6-8;/h1-10,17-18H;2-6H,1H2;1-5H;7-8H,1-2H3;/q;-1;;;/b15-13+,16-14+;;;5-3+,6-4+;. The normalized spacial score (nSPS) is 11.2. The van der Waals surface area contributed by atoms with Crippen molar-refractivity contribution in [3.05, 3.63) is 145 Å². The van der Waals surface area contributed by atoms with Gasteiger partial charge in [0.25, 0.3) is 0 Å². The Hall–Kier alpha value is -4.93. The van der Waals surface area contributed by atoms with Crippen LogP contribution in [-0.4, -0.2) is 48.7 Å². The van der Waals surface area contributed by atoms with Gasteiger partial charge >= 0.3 is 0 Å². The van der Waals surface area contributed by atoms with E-state index < -0.39 is 0 Å². The zero-order chi connectivity index (χ0) is 28.7. The van der Waals surface area contributed by atoms with Gasteiger partial charge in [-0.25, -0.2) is 0 Å². The van der Waals surface area contributed by atoms with E-state index in [-0.39, 0.29) is 28.2 Å². The van der Waals surface area contributed by atoms with Gasteiger partial charge in [0, 0.05) is 40.3 Å². The van der Waals surface area contributed by atoms with Crippen LogP contribution in [0.4, 0.5) is 0 Å². The predicted octanol–water partition coefficient (Wildman–Crippen LogP) is 6.38. The van der Waals surface area contributed by atoms with E-state index in [1.165, 1.54) is 13.8 Å². The zero-order valence-corrected chi connectivity index (χ0v) is 23.2. The Morgan fingerprint density at radius 3 is 1.05 bits per heavy atom. The van der Waals surface area contributed by atoms with E-state index in [0.717, 1.165) is 5.56 Å². The van der Waals surface area contributed by atoms with Crippen LogP contribution in [0.25, 0.3) is 0 Å². The van der Waals surface area contributed by atoms with Crippen LogP contribution >= 0.6 is 0 Å². The Morgan fingerprint density at radius 2 is 0.850 bits per heavy atom. The summed E-state index contributed by atoms with van der Waals surface area (Å²) in [6, 6.07) is 33.7. The number of rotatable bonds is 4. The van der Waals surface area contributed by atoms with Crippen molar-refractivity contribution in [3.63, 3.8) is 0 Å². The van der Waals surface area contributed by atoms with Gasteiger partial charge in [0.1, 0.15) is 22.8 Å². The molecule has 0 saturated carbocycles.